The minimum atomic E-state index is 0.500. The van der Waals surface area contributed by atoms with Crippen molar-refractivity contribution in [3.05, 3.63) is 29.6 Å². The molecule has 0 spiro atoms. The summed E-state index contributed by atoms with van der Waals surface area (Å²) in [4.78, 5) is 4.03. The van der Waals surface area contributed by atoms with E-state index in [9.17, 15) is 0 Å². The summed E-state index contributed by atoms with van der Waals surface area (Å²) in [5.41, 5.74) is 1.98. The average molecular weight is 158 g/mol. The lowest BCUT2D eigenvalue weighted by molar-refractivity contribution is 0.383. The molecule has 0 bridgehead atoms. The lowest BCUT2D eigenvalue weighted by atomic mass is 9.98. The molecular formula is C10H10N2. The van der Waals surface area contributed by atoms with E-state index in [2.05, 4.69) is 16.2 Å². The van der Waals surface area contributed by atoms with Crippen molar-refractivity contribution < 1.29 is 0 Å². The SMILES string of the molecule is C#Cc1cc([C@H]2CCN2)ccn1. The highest BCUT2D eigenvalue weighted by molar-refractivity contribution is 5.30. The molecule has 1 atom stereocenters. The van der Waals surface area contributed by atoms with Gasteiger partial charge in [0.2, 0.25) is 0 Å². The van der Waals surface area contributed by atoms with Gasteiger partial charge in [-0.05, 0) is 30.7 Å². The Bertz CT molecular complexity index is 321. The van der Waals surface area contributed by atoms with E-state index in [4.69, 9.17) is 6.42 Å². The third kappa shape index (κ3) is 1.19. The van der Waals surface area contributed by atoms with Crippen molar-refractivity contribution in [1.82, 2.24) is 10.3 Å². The Morgan fingerprint density at radius 2 is 2.50 bits per heavy atom. The minimum absolute atomic E-state index is 0.500. The number of terminal acetylenes is 1. The van der Waals surface area contributed by atoms with Gasteiger partial charge in [0, 0.05) is 12.2 Å². The lowest BCUT2D eigenvalue weighted by Gasteiger charge is -2.27. The van der Waals surface area contributed by atoms with Crippen LogP contribution in [0.5, 0.6) is 0 Å². The van der Waals surface area contributed by atoms with Crippen LogP contribution in [0.15, 0.2) is 18.3 Å². The molecule has 1 fully saturated rings. The monoisotopic (exact) mass is 158 g/mol. The molecule has 1 aliphatic rings. The van der Waals surface area contributed by atoms with Gasteiger partial charge in [0.1, 0.15) is 5.69 Å². The summed E-state index contributed by atoms with van der Waals surface area (Å²) in [7, 11) is 0. The number of pyridine rings is 1. The average Bonchev–Trinajstić information content (AvgIpc) is 2.02. The number of hydrogen-bond acceptors (Lipinski definition) is 2. The van der Waals surface area contributed by atoms with E-state index in [-0.39, 0.29) is 0 Å². The highest BCUT2D eigenvalue weighted by Crippen LogP contribution is 2.22. The van der Waals surface area contributed by atoms with Crippen molar-refractivity contribution in [2.75, 3.05) is 6.54 Å². The summed E-state index contributed by atoms with van der Waals surface area (Å²) >= 11 is 0. The number of aromatic nitrogens is 1. The third-order valence-electron chi connectivity index (χ3n) is 2.16. The van der Waals surface area contributed by atoms with Crippen LogP contribution in [-0.2, 0) is 0 Å². The highest BCUT2D eigenvalue weighted by atomic mass is 15.0. The Morgan fingerprint density at radius 3 is 3.08 bits per heavy atom. The number of nitrogens with zero attached hydrogens (tertiary/aromatic N) is 1. The molecule has 0 unspecified atom stereocenters. The van der Waals surface area contributed by atoms with Crippen molar-refractivity contribution in [1.29, 1.82) is 0 Å². The number of rotatable bonds is 1. The molecule has 0 aliphatic carbocycles. The van der Waals surface area contributed by atoms with Crippen molar-refractivity contribution in [3.8, 4) is 12.3 Å². The zero-order chi connectivity index (χ0) is 8.39. The number of hydrogen-bond donors (Lipinski definition) is 1. The van der Waals surface area contributed by atoms with E-state index >= 15 is 0 Å². The fourth-order valence-electron chi connectivity index (χ4n) is 1.32. The molecule has 60 valence electrons. The van der Waals surface area contributed by atoms with Gasteiger partial charge in [0.25, 0.3) is 0 Å². The molecule has 1 aromatic heterocycles. The van der Waals surface area contributed by atoms with Crippen LogP contribution in [0.25, 0.3) is 0 Å². The molecule has 2 rings (SSSR count). The predicted octanol–water partition coefficient (Wildman–Crippen LogP) is 1.10. The summed E-state index contributed by atoms with van der Waals surface area (Å²) in [5, 5.41) is 3.32. The second kappa shape index (κ2) is 2.96. The molecule has 2 nitrogen and oxygen atoms in total. The van der Waals surface area contributed by atoms with Gasteiger partial charge in [-0.1, -0.05) is 5.92 Å². The topological polar surface area (TPSA) is 24.9 Å². The Hall–Kier alpha value is -1.33. The molecule has 0 amide bonds. The summed E-state index contributed by atoms with van der Waals surface area (Å²) < 4.78 is 0. The molecule has 1 aliphatic heterocycles. The molecule has 1 saturated heterocycles. The van der Waals surface area contributed by atoms with E-state index < -0.39 is 0 Å². The fourth-order valence-corrected chi connectivity index (χ4v) is 1.32. The van der Waals surface area contributed by atoms with Gasteiger partial charge in [-0.2, -0.15) is 0 Å². The minimum Gasteiger partial charge on any atom is -0.310 e. The molecule has 0 aromatic carbocycles. The normalized spacial score (nSPS) is 21.1. The Balaban J connectivity index is 2.27. The van der Waals surface area contributed by atoms with Gasteiger partial charge >= 0.3 is 0 Å². The van der Waals surface area contributed by atoms with Gasteiger partial charge in [-0.25, -0.2) is 4.98 Å². The van der Waals surface area contributed by atoms with E-state index in [1.54, 1.807) is 6.20 Å². The van der Waals surface area contributed by atoms with Crippen molar-refractivity contribution in [3.63, 3.8) is 0 Å². The largest absolute Gasteiger partial charge is 0.310 e. The Labute approximate surface area is 72.0 Å². The first-order valence-corrected chi connectivity index (χ1v) is 4.06. The second-order valence-corrected chi connectivity index (χ2v) is 2.91. The summed E-state index contributed by atoms with van der Waals surface area (Å²) in [6.45, 7) is 1.11. The molecule has 12 heavy (non-hydrogen) atoms. The maximum atomic E-state index is 5.25. The quantitative estimate of drug-likeness (QED) is 0.619. The van der Waals surface area contributed by atoms with Gasteiger partial charge in [0.05, 0.1) is 0 Å². The smallest absolute Gasteiger partial charge is 0.113 e. The van der Waals surface area contributed by atoms with Crippen LogP contribution in [-0.4, -0.2) is 11.5 Å². The van der Waals surface area contributed by atoms with Gasteiger partial charge in [-0.3, -0.25) is 0 Å². The first-order chi connectivity index (χ1) is 5.90. The van der Waals surface area contributed by atoms with Crippen LogP contribution in [0, 0.1) is 12.3 Å². The third-order valence-corrected chi connectivity index (χ3v) is 2.16. The predicted molar refractivity (Wildman–Crippen MR) is 47.5 cm³/mol. The zero-order valence-corrected chi connectivity index (χ0v) is 6.75. The van der Waals surface area contributed by atoms with E-state index in [0.29, 0.717) is 6.04 Å². The zero-order valence-electron chi connectivity index (χ0n) is 6.75. The standard InChI is InChI=1S/C10H10N2/c1-2-9-7-8(3-5-11-9)10-4-6-12-10/h1,3,5,7,10,12H,4,6H2/t10-/m1/s1. The molecule has 2 heterocycles. The maximum absolute atomic E-state index is 5.25. The van der Waals surface area contributed by atoms with E-state index in [1.165, 1.54) is 12.0 Å². The van der Waals surface area contributed by atoms with Gasteiger partial charge in [0.15, 0.2) is 0 Å². The van der Waals surface area contributed by atoms with Crippen LogP contribution in [0.2, 0.25) is 0 Å². The molecular weight excluding hydrogens is 148 g/mol. The van der Waals surface area contributed by atoms with Crippen LogP contribution in [0.4, 0.5) is 0 Å². The maximum Gasteiger partial charge on any atom is 0.113 e. The van der Waals surface area contributed by atoms with Crippen LogP contribution in [0.3, 0.4) is 0 Å². The first kappa shape index (κ1) is 7.33. The Morgan fingerprint density at radius 1 is 1.67 bits per heavy atom. The first-order valence-electron chi connectivity index (χ1n) is 4.06. The van der Waals surface area contributed by atoms with Crippen molar-refractivity contribution in [2.24, 2.45) is 0 Å². The van der Waals surface area contributed by atoms with Gasteiger partial charge < -0.3 is 5.32 Å². The number of nitrogens with one attached hydrogen (secondary N) is 1. The lowest BCUT2D eigenvalue weighted by Crippen LogP contribution is -2.34. The molecule has 1 N–H and O–H groups in total. The molecule has 0 saturated carbocycles. The molecule has 1 aromatic rings. The summed E-state index contributed by atoms with van der Waals surface area (Å²) in [5.74, 6) is 2.53. The Kier molecular flexibility index (Phi) is 1.81. The highest BCUT2D eigenvalue weighted by Gasteiger charge is 2.18. The van der Waals surface area contributed by atoms with E-state index in [0.717, 1.165) is 12.2 Å². The molecule has 2 heteroatoms. The van der Waals surface area contributed by atoms with Gasteiger partial charge in [-0.15, -0.1) is 6.42 Å². The van der Waals surface area contributed by atoms with Crippen LogP contribution in [0.1, 0.15) is 23.7 Å². The fraction of sp³-hybridized carbons (Fsp3) is 0.300. The van der Waals surface area contributed by atoms with Crippen LogP contribution >= 0.6 is 0 Å². The van der Waals surface area contributed by atoms with Crippen molar-refractivity contribution in [2.45, 2.75) is 12.5 Å². The van der Waals surface area contributed by atoms with Crippen molar-refractivity contribution >= 4 is 0 Å². The summed E-state index contributed by atoms with van der Waals surface area (Å²) in [6.07, 6.45) is 8.22. The second-order valence-electron chi connectivity index (χ2n) is 2.91. The van der Waals surface area contributed by atoms with E-state index in [1.807, 2.05) is 12.1 Å². The van der Waals surface area contributed by atoms with Crippen LogP contribution < -0.4 is 5.32 Å². The summed E-state index contributed by atoms with van der Waals surface area (Å²) in [6, 6.07) is 4.48. The molecule has 0 radical (unpaired) electrons.